The third kappa shape index (κ3) is 3.24. The molecular formula is C5H6BrFO2. The largest absolute Gasteiger partial charge is 0.464 e. The summed E-state index contributed by atoms with van der Waals surface area (Å²) in [6.07, 6.45) is 1.09. The summed E-state index contributed by atoms with van der Waals surface area (Å²) >= 11 is 2.92. The Morgan fingerprint density at radius 1 is 1.89 bits per heavy atom. The molecule has 0 amide bonds. The second-order valence-corrected chi connectivity index (χ2v) is 1.85. The molecule has 0 aliphatic heterocycles. The number of hydrogen-bond donors (Lipinski definition) is 0. The molecule has 0 spiro atoms. The molecule has 0 aromatic carbocycles. The molecule has 0 bridgehead atoms. The maximum absolute atomic E-state index is 12.2. The van der Waals surface area contributed by atoms with Gasteiger partial charge >= 0.3 is 5.97 Å². The molecule has 0 heterocycles. The van der Waals surface area contributed by atoms with Crippen LogP contribution in [0.15, 0.2) is 11.9 Å². The molecule has 4 heteroatoms. The Balaban J connectivity index is 3.86. The van der Waals surface area contributed by atoms with Gasteiger partial charge in [-0.3, -0.25) is 0 Å². The summed E-state index contributed by atoms with van der Waals surface area (Å²) in [7, 11) is 1.13. The zero-order valence-corrected chi connectivity index (χ0v) is 6.44. The van der Waals surface area contributed by atoms with E-state index >= 15 is 0 Å². The van der Waals surface area contributed by atoms with E-state index in [0.29, 0.717) is 5.33 Å². The van der Waals surface area contributed by atoms with Crippen molar-refractivity contribution in [1.29, 1.82) is 0 Å². The highest BCUT2D eigenvalue weighted by molar-refractivity contribution is 9.09. The van der Waals surface area contributed by atoms with Gasteiger partial charge in [-0.05, 0) is 6.08 Å². The maximum Gasteiger partial charge on any atom is 0.366 e. The minimum Gasteiger partial charge on any atom is -0.464 e. The van der Waals surface area contributed by atoms with Gasteiger partial charge < -0.3 is 4.74 Å². The second-order valence-electron chi connectivity index (χ2n) is 1.20. The van der Waals surface area contributed by atoms with Crippen molar-refractivity contribution in [3.8, 4) is 0 Å². The minimum absolute atomic E-state index is 0.313. The predicted octanol–water partition coefficient (Wildman–Crippen LogP) is 1.41. The molecule has 0 radical (unpaired) electrons. The smallest absolute Gasteiger partial charge is 0.366 e. The SMILES string of the molecule is COC(=O)/C(F)=C/CBr. The van der Waals surface area contributed by atoms with Crippen LogP contribution < -0.4 is 0 Å². The highest BCUT2D eigenvalue weighted by Crippen LogP contribution is 1.99. The van der Waals surface area contributed by atoms with Crippen molar-refractivity contribution >= 4 is 21.9 Å². The van der Waals surface area contributed by atoms with E-state index in [1.54, 1.807) is 0 Å². The van der Waals surface area contributed by atoms with Gasteiger partial charge in [0.1, 0.15) is 0 Å². The lowest BCUT2D eigenvalue weighted by Crippen LogP contribution is -2.00. The number of rotatable bonds is 2. The average Bonchev–Trinajstić information content (AvgIpc) is 1.87. The van der Waals surface area contributed by atoms with Gasteiger partial charge in [0.25, 0.3) is 0 Å². The van der Waals surface area contributed by atoms with Crippen LogP contribution in [0.5, 0.6) is 0 Å². The first kappa shape index (κ1) is 8.62. The van der Waals surface area contributed by atoms with E-state index in [2.05, 4.69) is 20.7 Å². The molecule has 52 valence electrons. The molecule has 9 heavy (non-hydrogen) atoms. The fraction of sp³-hybridized carbons (Fsp3) is 0.400. The summed E-state index contributed by atoms with van der Waals surface area (Å²) < 4.78 is 16.2. The average molecular weight is 197 g/mol. The molecule has 0 atom stereocenters. The zero-order chi connectivity index (χ0) is 7.28. The zero-order valence-electron chi connectivity index (χ0n) is 4.86. The van der Waals surface area contributed by atoms with Crippen LogP contribution in [0.3, 0.4) is 0 Å². The number of esters is 1. The monoisotopic (exact) mass is 196 g/mol. The molecule has 0 saturated heterocycles. The van der Waals surface area contributed by atoms with Crippen LogP contribution in [0.25, 0.3) is 0 Å². The first-order chi connectivity index (χ1) is 4.22. The van der Waals surface area contributed by atoms with Crippen LogP contribution in [-0.2, 0) is 9.53 Å². The fourth-order valence-corrected chi connectivity index (χ4v) is 0.533. The fourth-order valence-electron chi connectivity index (χ4n) is 0.249. The maximum atomic E-state index is 12.2. The van der Waals surface area contributed by atoms with Gasteiger partial charge in [-0.1, -0.05) is 15.9 Å². The van der Waals surface area contributed by atoms with Gasteiger partial charge in [-0.15, -0.1) is 0 Å². The molecule has 0 saturated carbocycles. The molecule has 0 N–H and O–H groups in total. The lowest BCUT2D eigenvalue weighted by Gasteiger charge is -1.91. The summed E-state index contributed by atoms with van der Waals surface area (Å²) in [6, 6.07) is 0. The molecule has 0 aliphatic rings. The normalized spacial score (nSPS) is 11.2. The van der Waals surface area contributed by atoms with E-state index < -0.39 is 11.8 Å². The Hall–Kier alpha value is -0.380. The first-order valence-electron chi connectivity index (χ1n) is 2.22. The van der Waals surface area contributed by atoms with Crippen LogP contribution in [0.4, 0.5) is 4.39 Å². The van der Waals surface area contributed by atoms with Gasteiger partial charge in [0.05, 0.1) is 7.11 Å². The number of hydrogen-bond acceptors (Lipinski definition) is 2. The van der Waals surface area contributed by atoms with Gasteiger partial charge in [-0.25, -0.2) is 4.79 Å². The van der Waals surface area contributed by atoms with E-state index in [0.717, 1.165) is 13.2 Å². The molecule has 0 unspecified atom stereocenters. The van der Waals surface area contributed by atoms with E-state index in [-0.39, 0.29) is 0 Å². The number of allylic oxidation sites excluding steroid dienone is 1. The summed E-state index contributed by atoms with van der Waals surface area (Å²) in [5, 5.41) is 0.313. The predicted molar refractivity (Wildman–Crippen MR) is 35.0 cm³/mol. The number of methoxy groups -OCH3 is 1. The Labute approximate surface area is 60.8 Å². The van der Waals surface area contributed by atoms with E-state index in [9.17, 15) is 9.18 Å². The van der Waals surface area contributed by atoms with E-state index in [4.69, 9.17) is 0 Å². The number of alkyl halides is 1. The van der Waals surface area contributed by atoms with E-state index in [1.165, 1.54) is 0 Å². The summed E-state index contributed by atoms with van der Waals surface area (Å²) in [5.41, 5.74) is 0. The highest BCUT2D eigenvalue weighted by Gasteiger charge is 2.05. The molecule has 0 fully saturated rings. The minimum atomic E-state index is -0.936. The second kappa shape index (κ2) is 4.49. The Kier molecular flexibility index (Phi) is 4.30. The van der Waals surface area contributed by atoms with Gasteiger partial charge in [0.15, 0.2) is 0 Å². The first-order valence-corrected chi connectivity index (χ1v) is 3.34. The Morgan fingerprint density at radius 2 is 2.44 bits per heavy atom. The molecule has 2 nitrogen and oxygen atoms in total. The Morgan fingerprint density at radius 3 is 2.78 bits per heavy atom. The molecule has 0 aromatic rings. The van der Waals surface area contributed by atoms with Crippen molar-refractivity contribution in [3.63, 3.8) is 0 Å². The number of carbonyl (C=O) groups excluding carboxylic acids is 1. The lowest BCUT2D eigenvalue weighted by molar-refractivity contribution is -0.137. The van der Waals surface area contributed by atoms with Crippen molar-refractivity contribution in [1.82, 2.24) is 0 Å². The van der Waals surface area contributed by atoms with Gasteiger partial charge in [0, 0.05) is 5.33 Å². The van der Waals surface area contributed by atoms with Crippen molar-refractivity contribution in [2.75, 3.05) is 12.4 Å². The van der Waals surface area contributed by atoms with Crippen molar-refractivity contribution in [2.24, 2.45) is 0 Å². The van der Waals surface area contributed by atoms with E-state index in [1.807, 2.05) is 0 Å². The molecular weight excluding hydrogens is 191 g/mol. The molecule has 0 aliphatic carbocycles. The number of carbonyl (C=O) groups is 1. The van der Waals surface area contributed by atoms with Crippen molar-refractivity contribution in [3.05, 3.63) is 11.9 Å². The Bertz CT molecular complexity index is 133. The van der Waals surface area contributed by atoms with Crippen LogP contribution in [0, 0.1) is 0 Å². The highest BCUT2D eigenvalue weighted by atomic mass is 79.9. The van der Waals surface area contributed by atoms with Crippen molar-refractivity contribution < 1.29 is 13.9 Å². The van der Waals surface area contributed by atoms with Crippen LogP contribution >= 0.6 is 15.9 Å². The molecule has 0 rings (SSSR count). The quantitative estimate of drug-likeness (QED) is 0.380. The van der Waals surface area contributed by atoms with Gasteiger partial charge in [0.2, 0.25) is 5.83 Å². The lowest BCUT2D eigenvalue weighted by atomic mass is 10.5. The van der Waals surface area contributed by atoms with Crippen LogP contribution in [0.2, 0.25) is 0 Å². The topological polar surface area (TPSA) is 26.3 Å². The molecule has 0 aromatic heterocycles. The summed E-state index contributed by atoms with van der Waals surface area (Å²) in [5.74, 6) is -1.80. The number of halogens is 2. The third-order valence-electron chi connectivity index (χ3n) is 0.637. The van der Waals surface area contributed by atoms with Crippen molar-refractivity contribution in [2.45, 2.75) is 0 Å². The summed E-state index contributed by atoms with van der Waals surface area (Å²) in [6.45, 7) is 0. The van der Waals surface area contributed by atoms with Crippen LogP contribution in [0.1, 0.15) is 0 Å². The third-order valence-corrected chi connectivity index (χ3v) is 0.961. The van der Waals surface area contributed by atoms with Gasteiger partial charge in [-0.2, -0.15) is 4.39 Å². The summed E-state index contributed by atoms with van der Waals surface area (Å²) in [4.78, 5) is 10.2. The standard InChI is InChI=1S/C5H6BrFO2/c1-9-5(8)4(7)2-3-6/h2H,3H2,1H3/b4-2-. The number of ether oxygens (including phenoxy) is 1. The van der Waals surface area contributed by atoms with Crippen LogP contribution in [-0.4, -0.2) is 18.4 Å².